The zero-order valence-corrected chi connectivity index (χ0v) is 10.7. The molecule has 1 heterocycles. The summed E-state index contributed by atoms with van der Waals surface area (Å²) in [6.45, 7) is 0.657. The summed E-state index contributed by atoms with van der Waals surface area (Å²) in [7, 11) is 0. The van der Waals surface area contributed by atoms with E-state index in [9.17, 15) is 0 Å². The van der Waals surface area contributed by atoms with Crippen LogP contribution in [0.15, 0.2) is 23.6 Å². The van der Waals surface area contributed by atoms with Crippen molar-refractivity contribution in [3.8, 4) is 0 Å². The highest BCUT2D eigenvalue weighted by atomic mass is 15.1. The Bertz CT molecular complexity index is 370. The van der Waals surface area contributed by atoms with Crippen LogP contribution in [0.25, 0.3) is 0 Å². The lowest BCUT2D eigenvalue weighted by atomic mass is 9.96. The molecule has 2 rings (SSSR count). The van der Waals surface area contributed by atoms with E-state index < -0.39 is 0 Å². The van der Waals surface area contributed by atoms with Gasteiger partial charge in [0.15, 0.2) is 5.96 Å². The monoisotopic (exact) mass is 247 g/mol. The molecule has 0 atom stereocenters. The zero-order valence-electron chi connectivity index (χ0n) is 10.7. The smallest absolute Gasteiger partial charge is 0.188 e. The van der Waals surface area contributed by atoms with Crippen molar-refractivity contribution in [2.24, 2.45) is 10.7 Å². The molecule has 0 amide bonds. The molecule has 5 nitrogen and oxygen atoms in total. The quantitative estimate of drug-likeness (QED) is 0.620. The van der Waals surface area contributed by atoms with Gasteiger partial charge >= 0.3 is 0 Å². The molecule has 0 spiro atoms. The summed E-state index contributed by atoms with van der Waals surface area (Å²) in [5.41, 5.74) is 6.82. The van der Waals surface area contributed by atoms with Crippen LogP contribution in [0, 0.1) is 0 Å². The van der Waals surface area contributed by atoms with Crippen LogP contribution in [-0.4, -0.2) is 28.5 Å². The van der Waals surface area contributed by atoms with Crippen molar-refractivity contribution in [3.63, 3.8) is 0 Å². The highest BCUT2D eigenvalue weighted by Crippen LogP contribution is 2.16. The fourth-order valence-electron chi connectivity index (χ4n) is 2.25. The summed E-state index contributed by atoms with van der Waals surface area (Å²) >= 11 is 0. The van der Waals surface area contributed by atoms with Gasteiger partial charge < -0.3 is 11.1 Å². The molecule has 0 saturated heterocycles. The van der Waals surface area contributed by atoms with Gasteiger partial charge in [0, 0.05) is 37.6 Å². The van der Waals surface area contributed by atoms with E-state index in [0.717, 1.165) is 12.1 Å². The van der Waals surface area contributed by atoms with E-state index in [-0.39, 0.29) is 0 Å². The largest absolute Gasteiger partial charge is 0.370 e. The topological polar surface area (TPSA) is 76.2 Å². The normalized spacial score (nSPS) is 17.7. The van der Waals surface area contributed by atoms with Gasteiger partial charge in [-0.2, -0.15) is 0 Å². The van der Waals surface area contributed by atoms with Crippen molar-refractivity contribution in [3.05, 3.63) is 24.3 Å². The second kappa shape index (κ2) is 6.93. The van der Waals surface area contributed by atoms with Crippen molar-refractivity contribution in [1.82, 2.24) is 15.3 Å². The second-order valence-corrected chi connectivity index (χ2v) is 4.69. The van der Waals surface area contributed by atoms with E-state index in [1.165, 1.54) is 32.1 Å². The minimum atomic E-state index is 0.513. The van der Waals surface area contributed by atoms with Gasteiger partial charge in [-0.05, 0) is 12.8 Å². The Morgan fingerprint density at radius 2 is 2.17 bits per heavy atom. The minimum Gasteiger partial charge on any atom is -0.370 e. The zero-order chi connectivity index (χ0) is 12.6. The molecule has 18 heavy (non-hydrogen) atoms. The Morgan fingerprint density at radius 3 is 2.89 bits per heavy atom. The van der Waals surface area contributed by atoms with E-state index in [1.807, 2.05) is 0 Å². The number of nitrogens with one attached hydrogen (secondary N) is 1. The molecule has 0 bridgehead atoms. The molecule has 0 radical (unpaired) electrons. The highest BCUT2D eigenvalue weighted by molar-refractivity contribution is 5.78. The maximum atomic E-state index is 5.87. The van der Waals surface area contributed by atoms with E-state index in [4.69, 9.17) is 5.73 Å². The molecule has 98 valence electrons. The number of aromatic nitrogens is 2. The van der Waals surface area contributed by atoms with Gasteiger partial charge in [0.2, 0.25) is 0 Å². The van der Waals surface area contributed by atoms with Gasteiger partial charge in [0.05, 0.1) is 5.69 Å². The predicted octanol–water partition coefficient (Wildman–Crippen LogP) is 1.26. The third-order valence-corrected chi connectivity index (χ3v) is 3.22. The van der Waals surface area contributed by atoms with Crippen molar-refractivity contribution >= 4 is 5.96 Å². The molecule has 1 saturated carbocycles. The Morgan fingerprint density at radius 1 is 1.33 bits per heavy atom. The van der Waals surface area contributed by atoms with Gasteiger partial charge in [-0.3, -0.25) is 15.0 Å². The van der Waals surface area contributed by atoms with Crippen LogP contribution in [0.1, 0.15) is 37.8 Å². The maximum absolute atomic E-state index is 5.87. The Hall–Kier alpha value is -1.65. The first kappa shape index (κ1) is 12.8. The number of rotatable bonds is 4. The van der Waals surface area contributed by atoms with E-state index in [0.29, 0.717) is 18.5 Å². The number of aliphatic imine (C=N–C) groups is 1. The van der Waals surface area contributed by atoms with Crippen molar-refractivity contribution in [2.75, 3.05) is 6.54 Å². The van der Waals surface area contributed by atoms with E-state index >= 15 is 0 Å². The van der Waals surface area contributed by atoms with Gasteiger partial charge in [0.25, 0.3) is 0 Å². The van der Waals surface area contributed by atoms with Gasteiger partial charge in [0.1, 0.15) is 0 Å². The van der Waals surface area contributed by atoms with Crippen molar-refractivity contribution in [1.29, 1.82) is 0 Å². The Kier molecular flexibility index (Phi) is 4.93. The van der Waals surface area contributed by atoms with Crippen LogP contribution < -0.4 is 11.1 Å². The van der Waals surface area contributed by atoms with E-state index in [2.05, 4.69) is 20.3 Å². The third kappa shape index (κ3) is 4.31. The molecule has 1 aromatic rings. The molecule has 1 aromatic heterocycles. The van der Waals surface area contributed by atoms with Crippen LogP contribution in [0.4, 0.5) is 0 Å². The summed E-state index contributed by atoms with van der Waals surface area (Å²) in [4.78, 5) is 12.5. The lowest BCUT2D eigenvalue weighted by Gasteiger charge is -2.23. The first-order valence-corrected chi connectivity index (χ1v) is 6.66. The number of hydrogen-bond acceptors (Lipinski definition) is 3. The summed E-state index contributed by atoms with van der Waals surface area (Å²) in [6, 6.07) is 0.513. The van der Waals surface area contributed by atoms with Crippen LogP contribution in [0.2, 0.25) is 0 Å². The third-order valence-electron chi connectivity index (χ3n) is 3.22. The summed E-state index contributed by atoms with van der Waals surface area (Å²) in [5, 5.41) is 3.30. The minimum absolute atomic E-state index is 0.513. The van der Waals surface area contributed by atoms with Crippen molar-refractivity contribution < 1.29 is 0 Å². The van der Waals surface area contributed by atoms with Gasteiger partial charge in [-0.15, -0.1) is 0 Å². The molecule has 5 heteroatoms. The van der Waals surface area contributed by atoms with Crippen LogP contribution >= 0.6 is 0 Å². The SMILES string of the molecule is NC(=NCCc1cnccn1)NC1CCCCC1. The fraction of sp³-hybridized carbons (Fsp3) is 0.615. The number of nitrogens with zero attached hydrogens (tertiary/aromatic N) is 3. The first-order valence-electron chi connectivity index (χ1n) is 6.66. The summed E-state index contributed by atoms with van der Waals surface area (Å²) < 4.78 is 0. The fourth-order valence-corrected chi connectivity index (χ4v) is 2.25. The average Bonchev–Trinajstić information content (AvgIpc) is 2.41. The molecule has 0 aromatic carbocycles. The number of hydrogen-bond donors (Lipinski definition) is 2. The lowest BCUT2D eigenvalue weighted by Crippen LogP contribution is -2.41. The van der Waals surface area contributed by atoms with E-state index in [1.54, 1.807) is 18.6 Å². The summed E-state index contributed by atoms with van der Waals surface area (Å²) in [5.74, 6) is 0.561. The lowest BCUT2D eigenvalue weighted by molar-refractivity contribution is 0.412. The second-order valence-electron chi connectivity index (χ2n) is 4.69. The number of guanidine groups is 1. The average molecular weight is 247 g/mol. The highest BCUT2D eigenvalue weighted by Gasteiger charge is 2.12. The molecular formula is C13H21N5. The molecule has 1 aliphatic carbocycles. The van der Waals surface area contributed by atoms with Gasteiger partial charge in [-0.1, -0.05) is 19.3 Å². The van der Waals surface area contributed by atoms with Crippen molar-refractivity contribution in [2.45, 2.75) is 44.6 Å². The molecular weight excluding hydrogens is 226 g/mol. The Balaban J connectivity index is 1.71. The standard InChI is InChI=1S/C13H21N5/c14-13(18-11-4-2-1-3-5-11)17-7-6-12-10-15-8-9-16-12/h8-11H,1-7H2,(H3,14,17,18). The summed E-state index contributed by atoms with van der Waals surface area (Å²) in [6.07, 6.45) is 12.3. The Labute approximate surface area is 108 Å². The predicted molar refractivity (Wildman–Crippen MR) is 72.2 cm³/mol. The van der Waals surface area contributed by atoms with Crippen LogP contribution in [-0.2, 0) is 6.42 Å². The van der Waals surface area contributed by atoms with Crippen LogP contribution in [0.3, 0.4) is 0 Å². The molecule has 3 N–H and O–H groups in total. The number of nitrogens with two attached hydrogens (primary N) is 1. The molecule has 0 unspecified atom stereocenters. The van der Waals surface area contributed by atoms with Crippen LogP contribution in [0.5, 0.6) is 0 Å². The molecule has 1 aliphatic rings. The van der Waals surface area contributed by atoms with Gasteiger partial charge in [-0.25, -0.2) is 0 Å². The molecule has 0 aliphatic heterocycles. The maximum Gasteiger partial charge on any atom is 0.188 e. The first-order chi connectivity index (χ1) is 8.84. The molecule has 1 fully saturated rings.